The highest BCUT2D eigenvalue weighted by Crippen LogP contribution is 2.25. The molecule has 2 aromatic heterocycles. The normalized spacial score (nSPS) is 19.3. The van der Waals surface area contributed by atoms with Gasteiger partial charge in [0.15, 0.2) is 9.84 Å². The van der Waals surface area contributed by atoms with Crippen LogP contribution in [0.25, 0.3) is 0 Å². The summed E-state index contributed by atoms with van der Waals surface area (Å²) in [7, 11) is -1.25. The fourth-order valence-electron chi connectivity index (χ4n) is 3.01. The Balaban J connectivity index is 1.76. The van der Waals surface area contributed by atoms with Crippen LogP contribution in [0.1, 0.15) is 34.1 Å². The van der Waals surface area contributed by atoms with E-state index in [9.17, 15) is 13.2 Å². The van der Waals surface area contributed by atoms with E-state index in [-0.39, 0.29) is 23.5 Å². The molecule has 1 fully saturated rings. The van der Waals surface area contributed by atoms with Crippen molar-refractivity contribution in [2.75, 3.05) is 18.6 Å². The van der Waals surface area contributed by atoms with Crippen molar-refractivity contribution < 1.29 is 13.2 Å². The highest BCUT2D eigenvalue weighted by molar-refractivity contribution is 7.91. The van der Waals surface area contributed by atoms with Crippen LogP contribution in [0, 0.1) is 6.92 Å². The minimum absolute atomic E-state index is 0.0933. The molecule has 0 radical (unpaired) electrons. The summed E-state index contributed by atoms with van der Waals surface area (Å²) in [5.41, 5.74) is 2.22. The first-order chi connectivity index (χ1) is 11.4. The van der Waals surface area contributed by atoms with Crippen molar-refractivity contribution in [2.24, 2.45) is 0 Å². The van der Waals surface area contributed by atoms with Gasteiger partial charge in [-0.3, -0.25) is 14.5 Å². The first-order valence-electron chi connectivity index (χ1n) is 7.76. The lowest BCUT2D eigenvalue weighted by Crippen LogP contribution is -2.26. The van der Waals surface area contributed by atoms with Gasteiger partial charge in [-0.15, -0.1) is 0 Å². The minimum Gasteiger partial charge on any atom is -0.337 e. The van der Waals surface area contributed by atoms with E-state index in [0.717, 1.165) is 5.56 Å². The van der Waals surface area contributed by atoms with E-state index in [4.69, 9.17) is 0 Å². The predicted molar refractivity (Wildman–Crippen MR) is 89.3 cm³/mol. The Labute approximate surface area is 141 Å². The molecule has 7 nitrogen and oxygen atoms in total. The Morgan fingerprint density at radius 1 is 1.38 bits per heavy atom. The number of nitrogens with zero attached hydrogens (tertiary/aromatic N) is 4. The van der Waals surface area contributed by atoms with E-state index in [2.05, 4.69) is 10.1 Å². The van der Waals surface area contributed by atoms with E-state index in [1.807, 2.05) is 19.1 Å². The molecular weight excluding hydrogens is 328 g/mol. The van der Waals surface area contributed by atoms with Crippen LogP contribution in [-0.2, 0) is 16.4 Å². The lowest BCUT2D eigenvalue weighted by molar-refractivity contribution is 0.0784. The number of carbonyl (C=O) groups is 1. The molecule has 0 bridgehead atoms. The molecule has 0 spiro atoms. The summed E-state index contributed by atoms with van der Waals surface area (Å²) in [4.78, 5) is 18.2. The molecule has 0 aromatic carbocycles. The summed E-state index contributed by atoms with van der Waals surface area (Å²) >= 11 is 0. The average molecular weight is 348 g/mol. The van der Waals surface area contributed by atoms with E-state index in [1.54, 1.807) is 29.0 Å². The number of hydrogen-bond donors (Lipinski definition) is 0. The SMILES string of the molecule is Cc1c(C(=O)N(C)Cc2ccncc2)cnn1[C@@H]1CCS(=O)(=O)C1. The van der Waals surface area contributed by atoms with Crippen molar-refractivity contribution in [2.45, 2.75) is 25.9 Å². The fourth-order valence-corrected chi connectivity index (χ4v) is 4.70. The molecular formula is C16H20N4O3S. The van der Waals surface area contributed by atoms with E-state index < -0.39 is 9.84 Å². The summed E-state index contributed by atoms with van der Waals surface area (Å²) in [6.45, 7) is 2.29. The van der Waals surface area contributed by atoms with Gasteiger partial charge in [-0.25, -0.2) is 8.42 Å². The van der Waals surface area contributed by atoms with Crippen molar-refractivity contribution in [3.63, 3.8) is 0 Å². The smallest absolute Gasteiger partial charge is 0.257 e. The third-order valence-electron chi connectivity index (χ3n) is 4.35. The molecule has 1 aliphatic rings. The molecule has 1 amide bonds. The van der Waals surface area contributed by atoms with E-state index in [1.165, 1.54) is 6.20 Å². The van der Waals surface area contributed by atoms with Gasteiger partial charge in [0.25, 0.3) is 5.91 Å². The lowest BCUT2D eigenvalue weighted by atomic mass is 10.2. The largest absolute Gasteiger partial charge is 0.337 e. The predicted octanol–water partition coefficient (Wildman–Crippen LogP) is 1.22. The first-order valence-corrected chi connectivity index (χ1v) is 9.58. The van der Waals surface area contributed by atoms with Crippen molar-refractivity contribution >= 4 is 15.7 Å². The number of aromatic nitrogens is 3. The molecule has 1 saturated heterocycles. The van der Waals surface area contributed by atoms with Gasteiger partial charge < -0.3 is 4.90 Å². The van der Waals surface area contributed by atoms with Crippen LogP contribution >= 0.6 is 0 Å². The van der Waals surface area contributed by atoms with Gasteiger partial charge in [0, 0.05) is 31.7 Å². The zero-order chi connectivity index (χ0) is 17.3. The summed E-state index contributed by atoms with van der Waals surface area (Å²) in [5, 5.41) is 4.27. The number of rotatable bonds is 4. The first kappa shape index (κ1) is 16.6. The second-order valence-electron chi connectivity index (χ2n) is 6.16. The van der Waals surface area contributed by atoms with Gasteiger partial charge >= 0.3 is 0 Å². The fraction of sp³-hybridized carbons (Fsp3) is 0.438. The molecule has 0 aliphatic carbocycles. The Morgan fingerprint density at radius 3 is 2.71 bits per heavy atom. The van der Waals surface area contributed by atoms with Crippen LogP contribution in [0.3, 0.4) is 0 Å². The molecule has 0 N–H and O–H groups in total. The molecule has 1 aliphatic heterocycles. The average Bonchev–Trinajstić information content (AvgIpc) is 3.09. The third-order valence-corrected chi connectivity index (χ3v) is 6.10. The molecule has 2 aromatic rings. The van der Waals surface area contributed by atoms with Crippen molar-refractivity contribution in [1.82, 2.24) is 19.7 Å². The second-order valence-corrected chi connectivity index (χ2v) is 8.39. The van der Waals surface area contributed by atoms with Gasteiger partial charge in [0.05, 0.1) is 29.3 Å². The molecule has 128 valence electrons. The summed E-state index contributed by atoms with van der Waals surface area (Å²) < 4.78 is 25.0. The zero-order valence-electron chi connectivity index (χ0n) is 13.7. The Bertz CT molecular complexity index is 845. The maximum Gasteiger partial charge on any atom is 0.257 e. The molecule has 1 atom stereocenters. The maximum absolute atomic E-state index is 12.7. The van der Waals surface area contributed by atoms with Gasteiger partial charge in [0.2, 0.25) is 0 Å². The molecule has 0 saturated carbocycles. The third kappa shape index (κ3) is 3.33. The number of hydrogen-bond acceptors (Lipinski definition) is 5. The van der Waals surface area contributed by atoms with Gasteiger partial charge in [0.1, 0.15) is 0 Å². The maximum atomic E-state index is 12.7. The van der Waals surface area contributed by atoms with Crippen molar-refractivity contribution in [3.05, 3.63) is 47.5 Å². The van der Waals surface area contributed by atoms with Crippen LogP contribution in [0.2, 0.25) is 0 Å². The molecule has 0 unspecified atom stereocenters. The van der Waals surface area contributed by atoms with Gasteiger partial charge in [-0.2, -0.15) is 5.10 Å². The molecule has 24 heavy (non-hydrogen) atoms. The van der Waals surface area contributed by atoms with E-state index >= 15 is 0 Å². The summed E-state index contributed by atoms with van der Waals surface area (Å²) in [6, 6.07) is 3.55. The number of pyridine rings is 1. The Hall–Kier alpha value is -2.22. The molecule has 3 heterocycles. The van der Waals surface area contributed by atoms with Crippen molar-refractivity contribution in [3.8, 4) is 0 Å². The lowest BCUT2D eigenvalue weighted by Gasteiger charge is -2.17. The molecule has 8 heteroatoms. The standard InChI is InChI=1S/C16H20N4O3S/c1-12-15(9-18-20(12)14-5-8-24(22,23)11-14)16(21)19(2)10-13-3-6-17-7-4-13/h3-4,6-7,9,14H,5,8,10-11H2,1-2H3/t14-/m1/s1. The number of amides is 1. The molecule has 3 rings (SSSR count). The van der Waals surface area contributed by atoms with Gasteiger partial charge in [-0.1, -0.05) is 0 Å². The quantitative estimate of drug-likeness (QED) is 0.829. The highest BCUT2D eigenvalue weighted by atomic mass is 32.2. The van der Waals surface area contributed by atoms with Crippen molar-refractivity contribution in [1.29, 1.82) is 0 Å². The summed E-state index contributed by atoms with van der Waals surface area (Å²) in [6.07, 6.45) is 5.46. The highest BCUT2D eigenvalue weighted by Gasteiger charge is 2.31. The summed E-state index contributed by atoms with van der Waals surface area (Å²) in [5.74, 6) is 0.148. The second kappa shape index (κ2) is 6.35. The Morgan fingerprint density at radius 2 is 2.08 bits per heavy atom. The van der Waals surface area contributed by atoms with Crippen LogP contribution in [0.5, 0.6) is 0 Å². The van der Waals surface area contributed by atoms with Crippen LogP contribution < -0.4 is 0 Å². The van der Waals surface area contributed by atoms with Crippen LogP contribution in [-0.4, -0.2) is 52.5 Å². The van der Waals surface area contributed by atoms with Gasteiger partial charge in [-0.05, 0) is 31.0 Å². The topological polar surface area (TPSA) is 85.2 Å². The number of carbonyl (C=O) groups excluding carboxylic acids is 1. The Kier molecular flexibility index (Phi) is 4.40. The number of sulfone groups is 1. The van der Waals surface area contributed by atoms with Crippen LogP contribution in [0.4, 0.5) is 0 Å². The monoisotopic (exact) mass is 348 g/mol. The van der Waals surface area contributed by atoms with Crippen LogP contribution in [0.15, 0.2) is 30.7 Å². The van der Waals surface area contributed by atoms with E-state index in [0.29, 0.717) is 24.2 Å². The minimum atomic E-state index is -2.99. The zero-order valence-corrected chi connectivity index (χ0v) is 14.5.